The second kappa shape index (κ2) is 3.86. The lowest BCUT2D eigenvalue weighted by Crippen LogP contribution is -2.26. The van der Waals surface area contributed by atoms with Crippen molar-refractivity contribution < 1.29 is 0 Å². The highest BCUT2D eigenvalue weighted by molar-refractivity contribution is 5.81. The number of fused-ring (bicyclic) bond motifs is 1. The molecule has 0 saturated carbocycles. The van der Waals surface area contributed by atoms with Gasteiger partial charge in [-0.05, 0) is 19.1 Å². The van der Waals surface area contributed by atoms with E-state index in [0.717, 1.165) is 11.3 Å². The first kappa shape index (κ1) is 9.92. The van der Waals surface area contributed by atoms with E-state index < -0.39 is 0 Å². The Kier molecular flexibility index (Phi) is 2.39. The maximum atomic E-state index is 8.33. The fourth-order valence-electron chi connectivity index (χ4n) is 1.26. The Morgan fingerprint density at radius 2 is 2.44 bits per heavy atom. The van der Waals surface area contributed by atoms with Crippen LogP contribution >= 0.6 is 0 Å². The third-order valence-corrected chi connectivity index (χ3v) is 1.85. The number of hydrogen-bond donors (Lipinski definition) is 2. The van der Waals surface area contributed by atoms with E-state index in [2.05, 4.69) is 20.4 Å². The third-order valence-electron chi connectivity index (χ3n) is 1.85. The predicted molar refractivity (Wildman–Crippen MR) is 57.8 cm³/mol. The van der Waals surface area contributed by atoms with Crippen LogP contribution in [0.2, 0.25) is 0 Å². The molecule has 80 valence electrons. The summed E-state index contributed by atoms with van der Waals surface area (Å²) in [4.78, 5) is 8.13. The molecule has 0 amide bonds. The van der Waals surface area contributed by atoms with Crippen molar-refractivity contribution in [3.05, 3.63) is 24.0 Å². The van der Waals surface area contributed by atoms with Gasteiger partial charge in [0.1, 0.15) is 0 Å². The molecule has 7 heteroatoms. The number of guanidine groups is 1. The van der Waals surface area contributed by atoms with Crippen LogP contribution in [0.15, 0.2) is 23.3 Å². The van der Waals surface area contributed by atoms with Crippen molar-refractivity contribution in [2.75, 3.05) is 0 Å². The zero-order valence-corrected chi connectivity index (χ0v) is 8.55. The van der Waals surface area contributed by atoms with E-state index in [1.165, 1.54) is 0 Å². The molecule has 0 spiro atoms. The van der Waals surface area contributed by atoms with Crippen molar-refractivity contribution >= 4 is 17.4 Å². The van der Waals surface area contributed by atoms with Crippen LogP contribution in [0.5, 0.6) is 0 Å². The minimum Gasteiger partial charge on any atom is -0.369 e. The van der Waals surface area contributed by atoms with Crippen LogP contribution in [0.1, 0.15) is 5.69 Å². The molecule has 0 atom stereocenters. The molecule has 2 heterocycles. The highest BCUT2D eigenvalue weighted by Gasteiger charge is 2.00. The maximum absolute atomic E-state index is 8.33. The molecule has 0 aliphatic carbocycles. The van der Waals surface area contributed by atoms with Crippen molar-refractivity contribution in [3.63, 3.8) is 0 Å². The number of nitriles is 1. The normalized spacial score (nSPS) is 11.4. The van der Waals surface area contributed by atoms with Gasteiger partial charge < -0.3 is 5.73 Å². The number of rotatable bonds is 1. The zero-order chi connectivity index (χ0) is 11.5. The van der Waals surface area contributed by atoms with Crippen molar-refractivity contribution in [2.45, 2.75) is 6.92 Å². The third kappa shape index (κ3) is 1.90. The Morgan fingerprint density at radius 1 is 1.62 bits per heavy atom. The smallest absolute Gasteiger partial charge is 0.208 e. The SMILES string of the molecule is Cc1cn2nc(N=C(N)NC#N)ccc2n1. The van der Waals surface area contributed by atoms with E-state index in [4.69, 9.17) is 11.0 Å². The Bertz CT molecular complexity index is 589. The molecule has 0 bridgehead atoms. The molecule has 2 rings (SSSR count). The summed E-state index contributed by atoms with van der Waals surface area (Å²) in [6.45, 7) is 1.88. The lowest BCUT2D eigenvalue weighted by atomic mass is 10.5. The van der Waals surface area contributed by atoms with E-state index >= 15 is 0 Å². The number of hydrogen-bond acceptors (Lipinski definition) is 4. The fourth-order valence-corrected chi connectivity index (χ4v) is 1.26. The molecule has 0 radical (unpaired) electrons. The molecule has 0 saturated heterocycles. The average Bonchev–Trinajstić information content (AvgIpc) is 2.57. The van der Waals surface area contributed by atoms with Crippen molar-refractivity contribution in [2.24, 2.45) is 10.7 Å². The summed E-state index contributed by atoms with van der Waals surface area (Å²) in [7, 11) is 0. The first-order valence-corrected chi connectivity index (χ1v) is 4.51. The van der Waals surface area contributed by atoms with E-state index in [1.807, 2.05) is 6.92 Å². The lowest BCUT2D eigenvalue weighted by molar-refractivity contribution is 0.930. The summed E-state index contributed by atoms with van der Waals surface area (Å²) >= 11 is 0. The number of nitrogens with two attached hydrogens (primary N) is 1. The van der Waals surface area contributed by atoms with Gasteiger partial charge in [-0.2, -0.15) is 10.3 Å². The number of aromatic nitrogens is 3. The van der Waals surface area contributed by atoms with E-state index in [9.17, 15) is 0 Å². The van der Waals surface area contributed by atoms with Gasteiger partial charge in [0.25, 0.3) is 0 Å². The molecular weight excluding hydrogens is 206 g/mol. The van der Waals surface area contributed by atoms with Gasteiger partial charge in [0, 0.05) is 0 Å². The summed E-state index contributed by atoms with van der Waals surface area (Å²) in [6, 6.07) is 3.45. The molecule has 0 fully saturated rings. The summed E-state index contributed by atoms with van der Waals surface area (Å²) < 4.78 is 1.60. The van der Waals surface area contributed by atoms with E-state index in [1.54, 1.807) is 29.0 Å². The van der Waals surface area contributed by atoms with Crippen LogP contribution in [-0.2, 0) is 0 Å². The van der Waals surface area contributed by atoms with Crippen molar-refractivity contribution in [3.8, 4) is 6.19 Å². The topological polar surface area (TPSA) is 104 Å². The van der Waals surface area contributed by atoms with Crippen molar-refractivity contribution in [1.29, 1.82) is 5.26 Å². The Labute approximate surface area is 91.2 Å². The predicted octanol–water partition coefficient (Wildman–Crippen LogP) is 0.0546. The quantitative estimate of drug-likeness (QED) is 0.303. The molecule has 3 N–H and O–H groups in total. The number of nitrogens with zero attached hydrogens (tertiary/aromatic N) is 5. The molecular formula is C9H9N7. The van der Waals surface area contributed by atoms with Crippen LogP contribution in [0.4, 0.5) is 5.82 Å². The van der Waals surface area contributed by atoms with Crippen LogP contribution < -0.4 is 11.1 Å². The van der Waals surface area contributed by atoms with E-state index in [-0.39, 0.29) is 5.96 Å². The minimum absolute atomic E-state index is 0.00573. The molecule has 7 nitrogen and oxygen atoms in total. The number of imidazole rings is 1. The number of nitrogens with one attached hydrogen (secondary N) is 1. The van der Waals surface area contributed by atoms with Gasteiger partial charge in [0.05, 0.1) is 11.9 Å². The van der Waals surface area contributed by atoms with E-state index in [0.29, 0.717) is 5.82 Å². The van der Waals surface area contributed by atoms with Crippen LogP contribution in [-0.4, -0.2) is 20.6 Å². The van der Waals surface area contributed by atoms with Crippen molar-refractivity contribution in [1.82, 2.24) is 19.9 Å². The fraction of sp³-hybridized carbons (Fsp3) is 0.111. The summed E-state index contributed by atoms with van der Waals surface area (Å²) in [6.07, 6.45) is 3.46. The first-order chi connectivity index (χ1) is 7.69. The number of aryl methyl sites for hydroxylation is 1. The van der Waals surface area contributed by atoms with Crippen LogP contribution in [0.3, 0.4) is 0 Å². The van der Waals surface area contributed by atoms with Gasteiger partial charge in [-0.1, -0.05) is 0 Å². The summed E-state index contributed by atoms with van der Waals surface area (Å²) in [5, 5.41) is 14.7. The molecule has 0 unspecified atom stereocenters. The van der Waals surface area contributed by atoms with Gasteiger partial charge in [0.2, 0.25) is 5.96 Å². The molecule has 2 aromatic heterocycles. The second-order valence-electron chi connectivity index (χ2n) is 3.11. The van der Waals surface area contributed by atoms with Gasteiger partial charge >= 0.3 is 0 Å². The van der Waals surface area contributed by atoms with Gasteiger partial charge in [-0.3, -0.25) is 5.32 Å². The monoisotopic (exact) mass is 215 g/mol. The number of aliphatic imine (C=N–C) groups is 1. The minimum atomic E-state index is 0.00573. The largest absolute Gasteiger partial charge is 0.369 e. The van der Waals surface area contributed by atoms with Gasteiger partial charge in [0.15, 0.2) is 17.7 Å². The Hall–Kier alpha value is -2.62. The van der Waals surface area contributed by atoms with Crippen LogP contribution in [0.25, 0.3) is 5.65 Å². The highest BCUT2D eigenvalue weighted by Crippen LogP contribution is 2.09. The lowest BCUT2D eigenvalue weighted by Gasteiger charge is -1.97. The molecule has 16 heavy (non-hydrogen) atoms. The zero-order valence-electron chi connectivity index (χ0n) is 8.55. The maximum Gasteiger partial charge on any atom is 0.208 e. The first-order valence-electron chi connectivity index (χ1n) is 4.51. The standard InChI is InChI=1S/C9H9N7/c1-6-4-16-8(13-6)3-2-7(15-16)14-9(11)12-5-10/h2-4H,1H3,(H3,11,12,14,15). The highest BCUT2D eigenvalue weighted by atomic mass is 15.3. The molecule has 0 aromatic carbocycles. The van der Waals surface area contributed by atoms with Crippen LogP contribution in [0, 0.1) is 18.4 Å². The summed E-state index contributed by atoms with van der Waals surface area (Å²) in [5.41, 5.74) is 7.03. The second-order valence-corrected chi connectivity index (χ2v) is 3.11. The average molecular weight is 215 g/mol. The molecule has 0 aliphatic heterocycles. The molecule has 2 aromatic rings. The Morgan fingerprint density at radius 3 is 3.19 bits per heavy atom. The Balaban J connectivity index is 2.40. The van der Waals surface area contributed by atoms with Gasteiger partial charge in [-0.25, -0.2) is 9.50 Å². The van der Waals surface area contributed by atoms with Gasteiger partial charge in [-0.15, -0.1) is 5.10 Å². The molecule has 0 aliphatic rings. The summed E-state index contributed by atoms with van der Waals surface area (Å²) in [5.74, 6) is 0.413.